The van der Waals surface area contributed by atoms with Crippen molar-refractivity contribution in [2.45, 2.75) is 32.7 Å². The van der Waals surface area contributed by atoms with Gasteiger partial charge in [-0.15, -0.1) is 0 Å². The molecule has 3 nitrogen and oxygen atoms in total. The highest BCUT2D eigenvalue weighted by molar-refractivity contribution is 5.31. The van der Waals surface area contributed by atoms with E-state index >= 15 is 0 Å². The molecule has 1 unspecified atom stereocenters. The minimum absolute atomic E-state index is 0.130. The Morgan fingerprint density at radius 1 is 1.14 bits per heavy atom. The molecule has 0 saturated heterocycles. The van der Waals surface area contributed by atoms with Crippen LogP contribution in [0.1, 0.15) is 36.1 Å². The standard InChI is InChI=1S/C18H24N2O/c1-3-21-17-10-6-9-16(13-17)18(20-19)12-11-15-8-5-4-7-14(15)2/h4-10,13,18,20H,3,11-12,19H2,1-2H3. The normalized spacial score (nSPS) is 12.1. The van der Waals surface area contributed by atoms with Gasteiger partial charge in [0, 0.05) is 6.04 Å². The highest BCUT2D eigenvalue weighted by atomic mass is 16.5. The van der Waals surface area contributed by atoms with E-state index in [0.717, 1.165) is 24.2 Å². The summed E-state index contributed by atoms with van der Waals surface area (Å²) in [4.78, 5) is 0. The van der Waals surface area contributed by atoms with Gasteiger partial charge in [0.2, 0.25) is 0 Å². The van der Waals surface area contributed by atoms with E-state index in [-0.39, 0.29) is 6.04 Å². The summed E-state index contributed by atoms with van der Waals surface area (Å²) in [6, 6.07) is 16.8. The molecule has 112 valence electrons. The number of rotatable bonds is 7. The van der Waals surface area contributed by atoms with E-state index in [1.54, 1.807) is 0 Å². The molecule has 0 spiro atoms. The number of benzene rings is 2. The van der Waals surface area contributed by atoms with E-state index < -0.39 is 0 Å². The van der Waals surface area contributed by atoms with Gasteiger partial charge < -0.3 is 4.74 Å². The van der Waals surface area contributed by atoms with Crippen LogP contribution in [0.15, 0.2) is 48.5 Å². The SMILES string of the molecule is CCOc1cccc(C(CCc2ccccc2C)NN)c1. The molecule has 0 amide bonds. The second-order valence-electron chi connectivity index (χ2n) is 5.19. The van der Waals surface area contributed by atoms with Crippen molar-refractivity contribution in [2.24, 2.45) is 5.84 Å². The van der Waals surface area contributed by atoms with Gasteiger partial charge in [-0.3, -0.25) is 11.3 Å². The smallest absolute Gasteiger partial charge is 0.119 e. The maximum absolute atomic E-state index is 5.74. The first-order valence-electron chi connectivity index (χ1n) is 7.48. The Hall–Kier alpha value is -1.84. The molecule has 2 aromatic rings. The molecular weight excluding hydrogens is 260 g/mol. The van der Waals surface area contributed by atoms with Gasteiger partial charge in [0.15, 0.2) is 0 Å². The fourth-order valence-electron chi connectivity index (χ4n) is 2.52. The number of hydrogen-bond acceptors (Lipinski definition) is 3. The molecule has 0 aliphatic rings. The molecule has 0 aromatic heterocycles. The lowest BCUT2D eigenvalue weighted by Gasteiger charge is -2.18. The molecule has 2 aromatic carbocycles. The van der Waals surface area contributed by atoms with Gasteiger partial charge in [-0.1, -0.05) is 36.4 Å². The van der Waals surface area contributed by atoms with Crippen LogP contribution in [-0.2, 0) is 6.42 Å². The Bertz CT molecular complexity index is 569. The molecular formula is C18H24N2O. The molecule has 0 aliphatic heterocycles. The van der Waals surface area contributed by atoms with E-state index in [2.05, 4.69) is 48.7 Å². The van der Waals surface area contributed by atoms with Crippen molar-refractivity contribution in [1.29, 1.82) is 0 Å². The zero-order valence-electron chi connectivity index (χ0n) is 12.8. The topological polar surface area (TPSA) is 47.3 Å². The molecule has 0 saturated carbocycles. The van der Waals surface area contributed by atoms with E-state index in [9.17, 15) is 0 Å². The van der Waals surface area contributed by atoms with Crippen LogP contribution in [0.3, 0.4) is 0 Å². The highest BCUT2D eigenvalue weighted by Crippen LogP contribution is 2.23. The van der Waals surface area contributed by atoms with Crippen molar-refractivity contribution in [2.75, 3.05) is 6.61 Å². The first-order chi connectivity index (χ1) is 10.2. The van der Waals surface area contributed by atoms with Gasteiger partial charge in [0.05, 0.1) is 6.61 Å². The van der Waals surface area contributed by atoms with Gasteiger partial charge in [-0.05, 0) is 55.5 Å². The van der Waals surface area contributed by atoms with Crippen LogP contribution in [-0.4, -0.2) is 6.61 Å². The van der Waals surface area contributed by atoms with Crippen LogP contribution in [0.5, 0.6) is 5.75 Å². The van der Waals surface area contributed by atoms with Crippen molar-refractivity contribution in [3.05, 3.63) is 65.2 Å². The zero-order chi connectivity index (χ0) is 15.1. The predicted octanol–water partition coefficient (Wildman–Crippen LogP) is 3.53. The van der Waals surface area contributed by atoms with E-state index in [4.69, 9.17) is 10.6 Å². The Morgan fingerprint density at radius 3 is 2.67 bits per heavy atom. The van der Waals surface area contributed by atoms with E-state index in [1.165, 1.54) is 11.1 Å². The number of nitrogens with two attached hydrogens (primary N) is 1. The number of hydrazine groups is 1. The van der Waals surface area contributed by atoms with Crippen molar-refractivity contribution < 1.29 is 4.74 Å². The van der Waals surface area contributed by atoms with Crippen LogP contribution in [0, 0.1) is 6.92 Å². The lowest BCUT2D eigenvalue weighted by atomic mass is 9.97. The molecule has 1 atom stereocenters. The minimum Gasteiger partial charge on any atom is -0.494 e. The molecule has 0 radical (unpaired) electrons. The van der Waals surface area contributed by atoms with Gasteiger partial charge >= 0.3 is 0 Å². The Balaban J connectivity index is 2.06. The Labute approximate surface area is 127 Å². The zero-order valence-corrected chi connectivity index (χ0v) is 12.8. The van der Waals surface area contributed by atoms with E-state index in [0.29, 0.717) is 6.61 Å². The van der Waals surface area contributed by atoms with E-state index in [1.807, 2.05) is 19.1 Å². The van der Waals surface area contributed by atoms with Gasteiger partial charge in [-0.2, -0.15) is 0 Å². The lowest BCUT2D eigenvalue weighted by molar-refractivity contribution is 0.339. The second-order valence-corrected chi connectivity index (χ2v) is 5.19. The summed E-state index contributed by atoms with van der Waals surface area (Å²) in [6.07, 6.45) is 1.96. The van der Waals surface area contributed by atoms with Crippen LogP contribution < -0.4 is 16.0 Å². The summed E-state index contributed by atoms with van der Waals surface area (Å²) in [5, 5.41) is 0. The molecule has 0 heterocycles. The number of ether oxygens (including phenoxy) is 1. The molecule has 2 rings (SSSR count). The molecule has 0 aliphatic carbocycles. The monoisotopic (exact) mass is 284 g/mol. The summed E-state index contributed by atoms with van der Waals surface area (Å²) in [6.45, 7) is 4.81. The summed E-state index contributed by atoms with van der Waals surface area (Å²) in [5.74, 6) is 6.63. The lowest BCUT2D eigenvalue weighted by Crippen LogP contribution is -2.28. The molecule has 21 heavy (non-hydrogen) atoms. The van der Waals surface area contributed by atoms with Crippen LogP contribution in [0.2, 0.25) is 0 Å². The fourth-order valence-corrected chi connectivity index (χ4v) is 2.52. The summed E-state index contributed by atoms with van der Waals surface area (Å²) in [5.41, 5.74) is 6.79. The fraction of sp³-hybridized carbons (Fsp3) is 0.333. The average molecular weight is 284 g/mol. The molecule has 0 bridgehead atoms. The summed E-state index contributed by atoms with van der Waals surface area (Å²) < 4.78 is 5.55. The maximum atomic E-state index is 5.74. The van der Waals surface area contributed by atoms with Crippen LogP contribution in [0.4, 0.5) is 0 Å². The third-order valence-corrected chi connectivity index (χ3v) is 3.74. The van der Waals surface area contributed by atoms with Gasteiger partial charge in [0.1, 0.15) is 5.75 Å². The molecule has 3 heteroatoms. The second kappa shape index (κ2) is 7.81. The highest BCUT2D eigenvalue weighted by Gasteiger charge is 2.11. The minimum atomic E-state index is 0.130. The van der Waals surface area contributed by atoms with Crippen LogP contribution in [0.25, 0.3) is 0 Å². The van der Waals surface area contributed by atoms with Crippen molar-refractivity contribution in [3.63, 3.8) is 0 Å². The molecule has 3 N–H and O–H groups in total. The number of aryl methyl sites for hydroxylation is 2. The summed E-state index contributed by atoms with van der Waals surface area (Å²) >= 11 is 0. The summed E-state index contributed by atoms with van der Waals surface area (Å²) in [7, 11) is 0. The quantitative estimate of drug-likeness (QED) is 0.604. The average Bonchev–Trinajstić information content (AvgIpc) is 2.50. The largest absolute Gasteiger partial charge is 0.494 e. The third kappa shape index (κ3) is 4.31. The maximum Gasteiger partial charge on any atom is 0.119 e. The third-order valence-electron chi connectivity index (χ3n) is 3.74. The van der Waals surface area contributed by atoms with Gasteiger partial charge in [0.25, 0.3) is 0 Å². The van der Waals surface area contributed by atoms with Crippen molar-refractivity contribution in [1.82, 2.24) is 5.43 Å². The first-order valence-corrected chi connectivity index (χ1v) is 7.48. The Morgan fingerprint density at radius 2 is 1.95 bits per heavy atom. The Kier molecular flexibility index (Phi) is 5.78. The first kappa shape index (κ1) is 15.5. The number of hydrogen-bond donors (Lipinski definition) is 2. The predicted molar refractivity (Wildman–Crippen MR) is 87.2 cm³/mol. The van der Waals surface area contributed by atoms with Crippen LogP contribution >= 0.6 is 0 Å². The number of nitrogens with one attached hydrogen (secondary N) is 1. The van der Waals surface area contributed by atoms with Crippen molar-refractivity contribution >= 4 is 0 Å². The van der Waals surface area contributed by atoms with Crippen molar-refractivity contribution in [3.8, 4) is 5.75 Å². The molecule has 0 fully saturated rings. The van der Waals surface area contributed by atoms with Gasteiger partial charge in [-0.25, -0.2) is 0 Å².